The number of hydrogen-bond donors (Lipinski definition) is 2. The quantitative estimate of drug-likeness (QED) is 0.578. The van der Waals surface area contributed by atoms with Crippen molar-refractivity contribution in [1.29, 1.82) is 0 Å². The van der Waals surface area contributed by atoms with Crippen LogP contribution in [0.2, 0.25) is 0 Å². The van der Waals surface area contributed by atoms with Crippen molar-refractivity contribution in [3.8, 4) is 16.4 Å². The second-order valence-corrected chi connectivity index (χ2v) is 6.44. The molecule has 3 rings (SSSR count). The monoisotopic (exact) mass is 391 g/mol. The maximum atomic E-state index is 12.4. The number of aromatic nitrogens is 3. The molecule has 0 spiro atoms. The number of amides is 1. The van der Waals surface area contributed by atoms with Gasteiger partial charge in [0, 0.05) is 13.1 Å². The van der Waals surface area contributed by atoms with E-state index in [0.29, 0.717) is 12.4 Å². The van der Waals surface area contributed by atoms with Crippen LogP contribution in [-0.2, 0) is 0 Å². The van der Waals surface area contributed by atoms with Crippen molar-refractivity contribution in [1.82, 2.24) is 25.4 Å². The van der Waals surface area contributed by atoms with Crippen LogP contribution in [0.15, 0.2) is 47.8 Å². The number of para-hydroxylation sites is 1. The zero-order valence-corrected chi connectivity index (χ0v) is 16.1. The van der Waals surface area contributed by atoms with Gasteiger partial charge in [-0.25, -0.2) is 9.67 Å². The largest absolute Gasteiger partial charge is 0.348 e. The number of halogens is 1. The summed E-state index contributed by atoms with van der Waals surface area (Å²) in [6.45, 7) is 4.33. The average molecular weight is 392 g/mol. The van der Waals surface area contributed by atoms with Gasteiger partial charge in [0.2, 0.25) is 5.82 Å². The van der Waals surface area contributed by atoms with Crippen LogP contribution in [0.1, 0.15) is 24.0 Å². The lowest BCUT2D eigenvalue weighted by Gasteiger charge is -2.04. The highest BCUT2D eigenvalue weighted by atomic mass is 35.5. The Morgan fingerprint density at radius 2 is 1.92 bits per heavy atom. The summed E-state index contributed by atoms with van der Waals surface area (Å²) in [5.74, 6) is 0.601. The van der Waals surface area contributed by atoms with E-state index in [1.807, 2.05) is 47.8 Å². The maximum Gasteiger partial charge on any atom is 0.291 e. The molecule has 0 aliphatic rings. The Morgan fingerprint density at radius 3 is 2.62 bits per heavy atom. The fraction of sp³-hybridized carbons (Fsp3) is 0.278. The van der Waals surface area contributed by atoms with Crippen LogP contribution in [0.4, 0.5) is 0 Å². The third kappa shape index (κ3) is 4.91. The van der Waals surface area contributed by atoms with Gasteiger partial charge in [-0.1, -0.05) is 31.2 Å². The third-order valence-electron chi connectivity index (χ3n) is 3.57. The molecular formula is C18H22ClN5OS. The van der Waals surface area contributed by atoms with Gasteiger partial charge in [0.25, 0.3) is 5.91 Å². The molecule has 0 saturated heterocycles. The Morgan fingerprint density at radius 1 is 1.12 bits per heavy atom. The molecule has 0 unspecified atom stereocenters. The van der Waals surface area contributed by atoms with Crippen molar-refractivity contribution in [3.63, 3.8) is 0 Å². The Hall–Kier alpha value is -2.22. The van der Waals surface area contributed by atoms with Crippen LogP contribution in [0.5, 0.6) is 0 Å². The molecule has 2 N–H and O–H groups in total. The number of hydrogen-bond acceptors (Lipinski definition) is 5. The van der Waals surface area contributed by atoms with Crippen molar-refractivity contribution in [2.75, 3.05) is 19.6 Å². The highest BCUT2D eigenvalue weighted by Crippen LogP contribution is 2.25. The molecule has 0 fully saturated rings. The lowest BCUT2D eigenvalue weighted by molar-refractivity contribution is 0.0943. The third-order valence-corrected chi connectivity index (χ3v) is 4.43. The Kier molecular flexibility index (Phi) is 7.77. The van der Waals surface area contributed by atoms with Gasteiger partial charge in [-0.05, 0) is 36.5 Å². The zero-order chi connectivity index (χ0) is 17.5. The molecule has 0 radical (unpaired) electrons. The number of thiophene rings is 1. The maximum absolute atomic E-state index is 12.4. The van der Waals surface area contributed by atoms with Crippen molar-refractivity contribution >= 4 is 29.7 Å². The van der Waals surface area contributed by atoms with Gasteiger partial charge in [-0.2, -0.15) is 0 Å². The number of carbonyl (C=O) groups excluding carboxylic acids is 1. The summed E-state index contributed by atoms with van der Waals surface area (Å²) < 4.78 is 1.72. The molecule has 3 aromatic rings. The second-order valence-electron chi connectivity index (χ2n) is 5.49. The predicted molar refractivity (Wildman–Crippen MR) is 107 cm³/mol. The Balaban J connectivity index is 0.00000243. The van der Waals surface area contributed by atoms with Gasteiger partial charge in [0.05, 0.1) is 10.6 Å². The molecule has 2 heterocycles. The number of nitrogens with one attached hydrogen (secondary N) is 2. The van der Waals surface area contributed by atoms with E-state index in [1.54, 1.807) is 16.0 Å². The Bertz CT molecular complexity index is 804. The molecule has 0 atom stereocenters. The van der Waals surface area contributed by atoms with Gasteiger partial charge in [-0.15, -0.1) is 28.8 Å². The number of nitrogens with zero attached hydrogens (tertiary/aromatic N) is 3. The van der Waals surface area contributed by atoms with Crippen LogP contribution in [0, 0.1) is 0 Å². The van der Waals surface area contributed by atoms with E-state index in [2.05, 4.69) is 27.6 Å². The molecule has 0 saturated carbocycles. The first kappa shape index (κ1) is 20.1. The van der Waals surface area contributed by atoms with Crippen LogP contribution >= 0.6 is 23.7 Å². The van der Waals surface area contributed by atoms with Crippen molar-refractivity contribution in [2.24, 2.45) is 0 Å². The van der Waals surface area contributed by atoms with E-state index in [9.17, 15) is 4.79 Å². The summed E-state index contributed by atoms with van der Waals surface area (Å²) in [7, 11) is 0. The van der Waals surface area contributed by atoms with Gasteiger partial charge in [0.15, 0.2) is 5.82 Å². The molecule has 138 valence electrons. The minimum atomic E-state index is -0.259. The number of rotatable bonds is 8. The normalized spacial score (nSPS) is 10.3. The zero-order valence-electron chi connectivity index (χ0n) is 14.5. The van der Waals surface area contributed by atoms with Crippen molar-refractivity contribution in [3.05, 3.63) is 53.7 Å². The summed E-state index contributed by atoms with van der Waals surface area (Å²) in [4.78, 5) is 17.8. The highest BCUT2D eigenvalue weighted by Gasteiger charge is 2.18. The SMILES string of the molecule is CCCNCCNC(=O)c1nc(-c2cccs2)n(-c2ccccc2)n1.Cl. The summed E-state index contributed by atoms with van der Waals surface area (Å²) in [5, 5.41) is 12.5. The summed E-state index contributed by atoms with van der Waals surface area (Å²) in [6, 6.07) is 13.7. The standard InChI is InChI=1S/C18H21N5OS.ClH/c1-2-10-19-11-12-20-18(24)16-21-17(15-9-6-13-25-15)23(22-16)14-7-4-3-5-8-14;/h3-9,13,19H,2,10-12H2,1H3,(H,20,24);1H. The van der Waals surface area contributed by atoms with Crippen LogP contribution in [0.3, 0.4) is 0 Å². The van der Waals surface area contributed by atoms with Gasteiger partial charge >= 0.3 is 0 Å². The minimum Gasteiger partial charge on any atom is -0.348 e. The molecule has 2 aromatic heterocycles. The molecule has 0 bridgehead atoms. The topological polar surface area (TPSA) is 71.8 Å². The molecule has 1 amide bonds. The first-order chi connectivity index (χ1) is 12.3. The van der Waals surface area contributed by atoms with Gasteiger partial charge in [-0.3, -0.25) is 4.79 Å². The summed E-state index contributed by atoms with van der Waals surface area (Å²) >= 11 is 1.57. The molecule has 6 nitrogen and oxygen atoms in total. The first-order valence-corrected chi connectivity index (χ1v) is 9.23. The fourth-order valence-electron chi connectivity index (χ4n) is 2.37. The fourth-order valence-corrected chi connectivity index (χ4v) is 3.07. The lowest BCUT2D eigenvalue weighted by atomic mass is 10.3. The molecule has 0 aliphatic heterocycles. The Labute approximate surface area is 163 Å². The van der Waals surface area contributed by atoms with Crippen LogP contribution in [-0.4, -0.2) is 40.3 Å². The van der Waals surface area contributed by atoms with Crippen LogP contribution < -0.4 is 10.6 Å². The minimum absolute atomic E-state index is 0. The molecule has 26 heavy (non-hydrogen) atoms. The lowest BCUT2D eigenvalue weighted by Crippen LogP contribution is -2.32. The summed E-state index contributed by atoms with van der Waals surface area (Å²) in [6.07, 6.45) is 1.07. The average Bonchev–Trinajstić information content (AvgIpc) is 3.31. The highest BCUT2D eigenvalue weighted by molar-refractivity contribution is 7.13. The van der Waals surface area contributed by atoms with Crippen molar-refractivity contribution in [2.45, 2.75) is 13.3 Å². The van der Waals surface area contributed by atoms with Gasteiger partial charge in [0.1, 0.15) is 0 Å². The van der Waals surface area contributed by atoms with Gasteiger partial charge < -0.3 is 10.6 Å². The molecular weight excluding hydrogens is 370 g/mol. The van der Waals surface area contributed by atoms with Crippen LogP contribution in [0.25, 0.3) is 16.4 Å². The smallest absolute Gasteiger partial charge is 0.291 e. The van der Waals surface area contributed by atoms with E-state index in [4.69, 9.17) is 0 Å². The van der Waals surface area contributed by atoms with E-state index in [0.717, 1.165) is 30.1 Å². The molecule has 8 heteroatoms. The predicted octanol–water partition coefficient (Wildman–Crippen LogP) is 3.15. The van der Waals surface area contributed by atoms with E-state index in [-0.39, 0.29) is 24.1 Å². The van der Waals surface area contributed by atoms with E-state index < -0.39 is 0 Å². The second kappa shape index (κ2) is 10.1. The molecule has 1 aromatic carbocycles. The van der Waals surface area contributed by atoms with E-state index >= 15 is 0 Å². The number of benzene rings is 1. The summed E-state index contributed by atoms with van der Waals surface area (Å²) in [5.41, 5.74) is 0.877. The number of carbonyl (C=O) groups is 1. The van der Waals surface area contributed by atoms with Crippen molar-refractivity contribution < 1.29 is 4.79 Å². The van der Waals surface area contributed by atoms with E-state index in [1.165, 1.54) is 0 Å². The molecule has 0 aliphatic carbocycles. The first-order valence-electron chi connectivity index (χ1n) is 8.35.